The Balaban J connectivity index is 1.90. The Kier molecular flexibility index (Phi) is 5.45. The van der Waals surface area contributed by atoms with Crippen molar-refractivity contribution in [2.45, 2.75) is 24.8 Å². The smallest absolute Gasteiger partial charge is 0.308 e. The number of urea groups is 2. The zero-order valence-corrected chi connectivity index (χ0v) is 15.3. The molecule has 6 nitrogen and oxygen atoms in total. The summed E-state index contributed by atoms with van der Waals surface area (Å²) >= 11 is 1.17. The second-order valence-electron chi connectivity index (χ2n) is 6.12. The molecule has 1 N–H and O–H groups in total. The highest BCUT2D eigenvalue weighted by Gasteiger charge is 2.40. The molecule has 10 heteroatoms. The molecule has 1 aliphatic carbocycles. The molecule has 0 bridgehead atoms. The Labute approximate surface area is 158 Å². The number of carbonyl (C=O) groups is 2. The Bertz CT molecular complexity index is 832. The van der Waals surface area contributed by atoms with E-state index in [0.29, 0.717) is 0 Å². The van der Waals surface area contributed by atoms with Gasteiger partial charge in [-0.3, -0.25) is 9.88 Å². The van der Waals surface area contributed by atoms with Crippen LogP contribution in [0, 0.1) is 6.92 Å². The maximum absolute atomic E-state index is 13.6. The number of pyridine rings is 1. The highest BCUT2D eigenvalue weighted by Crippen LogP contribution is 2.28. The summed E-state index contributed by atoms with van der Waals surface area (Å²) in [5.41, 5.74) is 0.395. The molecule has 1 saturated heterocycles. The van der Waals surface area contributed by atoms with Crippen molar-refractivity contribution in [1.82, 2.24) is 15.2 Å². The lowest BCUT2D eigenvalue weighted by molar-refractivity contribution is 0.180. The first-order chi connectivity index (χ1) is 12.8. The number of aromatic nitrogens is 1. The zero-order chi connectivity index (χ0) is 19.7. The summed E-state index contributed by atoms with van der Waals surface area (Å²) in [7, 11) is 0. The van der Waals surface area contributed by atoms with Gasteiger partial charge in [0.1, 0.15) is 5.83 Å². The molecule has 3 rings (SSSR count). The van der Waals surface area contributed by atoms with Gasteiger partial charge >= 0.3 is 12.1 Å². The minimum absolute atomic E-state index is 0.111. The van der Waals surface area contributed by atoms with Gasteiger partial charge in [0.25, 0.3) is 0 Å². The van der Waals surface area contributed by atoms with Crippen molar-refractivity contribution in [1.29, 1.82) is 0 Å². The lowest BCUT2D eigenvalue weighted by Crippen LogP contribution is -2.64. The highest BCUT2D eigenvalue weighted by atomic mass is 32.2. The number of allylic oxidation sites excluding steroid dienone is 2. The van der Waals surface area contributed by atoms with E-state index in [1.807, 2.05) is 0 Å². The van der Waals surface area contributed by atoms with Crippen LogP contribution in [0.5, 0.6) is 0 Å². The number of thioether (sulfide) groups is 1. The van der Waals surface area contributed by atoms with Crippen LogP contribution in [0.3, 0.4) is 0 Å². The van der Waals surface area contributed by atoms with Crippen LogP contribution >= 0.6 is 11.8 Å². The third-order valence-corrected chi connectivity index (χ3v) is 4.92. The van der Waals surface area contributed by atoms with E-state index >= 15 is 0 Å². The average Bonchev–Trinajstić information content (AvgIpc) is 2.62. The first kappa shape index (κ1) is 19.3. The maximum atomic E-state index is 13.6. The summed E-state index contributed by atoms with van der Waals surface area (Å²) in [6, 6.07) is 0.319. The van der Waals surface area contributed by atoms with E-state index in [0.717, 1.165) is 22.6 Å². The van der Waals surface area contributed by atoms with Crippen molar-refractivity contribution >= 4 is 29.5 Å². The van der Waals surface area contributed by atoms with E-state index in [4.69, 9.17) is 0 Å². The van der Waals surface area contributed by atoms with E-state index < -0.39 is 35.7 Å². The molecule has 1 fully saturated rings. The molecule has 27 heavy (non-hydrogen) atoms. The molecule has 0 saturated carbocycles. The first-order valence-electron chi connectivity index (χ1n) is 8.03. The molecule has 2 heterocycles. The quantitative estimate of drug-likeness (QED) is 0.844. The second-order valence-corrected chi connectivity index (χ2v) is 7.04. The average molecular weight is 398 g/mol. The van der Waals surface area contributed by atoms with Gasteiger partial charge in [-0.05, 0) is 42.5 Å². The van der Waals surface area contributed by atoms with Crippen LogP contribution in [0.4, 0.5) is 28.4 Å². The van der Waals surface area contributed by atoms with Crippen LogP contribution in [-0.4, -0.2) is 52.6 Å². The molecule has 3 atom stereocenters. The van der Waals surface area contributed by atoms with Crippen LogP contribution in [0.25, 0.3) is 0 Å². The molecule has 0 spiro atoms. The number of hydrogen-bond acceptors (Lipinski definition) is 4. The van der Waals surface area contributed by atoms with Crippen molar-refractivity contribution in [2.75, 3.05) is 17.7 Å². The minimum Gasteiger partial charge on any atom is -0.308 e. The van der Waals surface area contributed by atoms with Gasteiger partial charge in [-0.15, -0.1) is 11.8 Å². The first-order valence-corrected chi connectivity index (χ1v) is 9.32. The van der Waals surface area contributed by atoms with Crippen molar-refractivity contribution < 1.29 is 22.8 Å². The van der Waals surface area contributed by atoms with Gasteiger partial charge in [0.15, 0.2) is 17.8 Å². The number of nitrogens with zero attached hydrogens (tertiary/aromatic N) is 3. The molecular weight excluding hydrogens is 381 g/mol. The van der Waals surface area contributed by atoms with Crippen LogP contribution in [0.2, 0.25) is 0 Å². The molecule has 1 aromatic rings. The number of alkyl halides is 2. The lowest BCUT2D eigenvalue weighted by Gasteiger charge is -2.40. The van der Waals surface area contributed by atoms with E-state index in [2.05, 4.69) is 10.3 Å². The lowest BCUT2D eigenvalue weighted by atomic mass is 10.0. The summed E-state index contributed by atoms with van der Waals surface area (Å²) in [6.45, 7) is 1.57. The fraction of sp³-hybridized carbons (Fsp3) is 0.353. The predicted octanol–water partition coefficient (Wildman–Crippen LogP) is 3.46. The second kappa shape index (κ2) is 7.63. The standard InChI is InChI=1S/C17H17F3N4O2S/c1-9-3-11(7-21-6-9)24-15(25)22-16(27-2)23(17(24)26)8-10-4-12(18)14(20)13(19)5-10/h3-7,12,14,16H,8H2,1-2H3,(H,22,25). The Morgan fingerprint density at radius 3 is 2.67 bits per heavy atom. The molecule has 0 aromatic carbocycles. The van der Waals surface area contributed by atoms with Crippen LogP contribution < -0.4 is 10.2 Å². The SMILES string of the molecule is CSC1NC(=O)N(c2cncc(C)c2)C(=O)N1CC1=CC(F)C(F)C(F)=C1. The molecule has 0 radical (unpaired) electrons. The molecule has 2 aliphatic rings. The van der Waals surface area contributed by atoms with E-state index in [1.165, 1.54) is 22.9 Å². The zero-order valence-electron chi connectivity index (χ0n) is 14.5. The van der Waals surface area contributed by atoms with E-state index in [-0.39, 0.29) is 17.8 Å². The fourth-order valence-electron chi connectivity index (χ4n) is 2.83. The number of anilines is 1. The molecule has 1 aromatic heterocycles. The van der Waals surface area contributed by atoms with Gasteiger partial charge in [-0.1, -0.05) is 0 Å². The topological polar surface area (TPSA) is 65.5 Å². The Morgan fingerprint density at radius 2 is 2.04 bits per heavy atom. The Hall–Kier alpha value is -2.49. The molecule has 3 unspecified atom stereocenters. The van der Waals surface area contributed by atoms with Crippen molar-refractivity contribution in [2.24, 2.45) is 0 Å². The van der Waals surface area contributed by atoms with E-state index in [9.17, 15) is 22.8 Å². The van der Waals surface area contributed by atoms with Crippen LogP contribution in [0.15, 0.2) is 42.0 Å². The summed E-state index contributed by atoms with van der Waals surface area (Å²) in [5, 5.41) is 2.65. The van der Waals surface area contributed by atoms with E-state index in [1.54, 1.807) is 25.4 Å². The number of nitrogens with one attached hydrogen (secondary N) is 1. The number of aryl methyl sites for hydroxylation is 1. The van der Waals surface area contributed by atoms with Crippen molar-refractivity contribution in [3.63, 3.8) is 0 Å². The largest absolute Gasteiger partial charge is 0.335 e. The third-order valence-electron chi connectivity index (χ3n) is 4.10. The van der Waals surface area contributed by atoms with Crippen LogP contribution in [-0.2, 0) is 0 Å². The highest BCUT2D eigenvalue weighted by molar-refractivity contribution is 7.99. The number of halogens is 3. The third kappa shape index (κ3) is 3.80. The van der Waals surface area contributed by atoms with Gasteiger partial charge in [-0.25, -0.2) is 27.7 Å². The summed E-state index contributed by atoms with van der Waals surface area (Å²) < 4.78 is 40.5. The number of imide groups is 1. The molecule has 1 aliphatic heterocycles. The minimum atomic E-state index is -2.34. The monoisotopic (exact) mass is 398 g/mol. The number of amides is 4. The summed E-state index contributed by atoms with van der Waals surface area (Å²) in [4.78, 5) is 31.5. The number of carbonyl (C=O) groups excluding carboxylic acids is 2. The van der Waals surface area contributed by atoms with Crippen LogP contribution in [0.1, 0.15) is 5.56 Å². The van der Waals surface area contributed by atoms with Gasteiger partial charge in [0.05, 0.1) is 18.4 Å². The van der Waals surface area contributed by atoms with Crippen molar-refractivity contribution in [3.8, 4) is 0 Å². The molecule has 4 amide bonds. The maximum Gasteiger partial charge on any atom is 0.335 e. The normalized spacial score (nSPS) is 25.9. The van der Waals surface area contributed by atoms with Gasteiger partial charge in [-0.2, -0.15) is 0 Å². The summed E-state index contributed by atoms with van der Waals surface area (Å²) in [5.74, 6) is -1.23. The van der Waals surface area contributed by atoms with Crippen molar-refractivity contribution in [3.05, 3.63) is 47.6 Å². The van der Waals surface area contributed by atoms with Gasteiger partial charge in [0, 0.05) is 6.20 Å². The number of hydrogen-bond donors (Lipinski definition) is 1. The number of rotatable bonds is 4. The summed E-state index contributed by atoms with van der Waals surface area (Å²) in [6.07, 6.45) is 1.98. The van der Waals surface area contributed by atoms with Gasteiger partial charge in [0.2, 0.25) is 0 Å². The molecule has 144 valence electrons. The Morgan fingerprint density at radius 1 is 1.30 bits per heavy atom. The predicted molar refractivity (Wildman–Crippen MR) is 96.5 cm³/mol. The van der Waals surface area contributed by atoms with Gasteiger partial charge < -0.3 is 5.32 Å². The fourth-order valence-corrected chi connectivity index (χ4v) is 3.47. The molecular formula is C17H17F3N4O2S.